The van der Waals surface area contributed by atoms with Crippen molar-refractivity contribution < 1.29 is 4.39 Å². The first-order valence-electron chi connectivity index (χ1n) is 9.35. The third kappa shape index (κ3) is 4.57. The second-order valence-corrected chi connectivity index (χ2v) is 8.42. The van der Waals surface area contributed by atoms with Gasteiger partial charge in [0.25, 0.3) is 0 Å². The van der Waals surface area contributed by atoms with Crippen molar-refractivity contribution in [2.45, 2.75) is 40.3 Å². The van der Waals surface area contributed by atoms with Crippen LogP contribution in [0.15, 0.2) is 36.4 Å². The lowest BCUT2D eigenvalue weighted by Gasteiger charge is -2.29. The van der Waals surface area contributed by atoms with Crippen molar-refractivity contribution in [3.8, 4) is 6.07 Å². The van der Waals surface area contributed by atoms with Crippen LogP contribution in [0.1, 0.15) is 38.8 Å². The lowest BCUT2D eigenvalue weighted by Crippen LogP contribution is -2.31. The highest BCUT2D eigenvalue weighted by molar-refractivity contribution is 6.30. The van der Waals surface area contributed by atoms with Gasteiger partial charge in [-0.2, -0.15) is 10.2 Å². The van der Waals surface area contributed by atoms with Gasteiger partial charge in [-0.25, -0.2) is 9.37 Å². The van der Waals surface area contributed by atoms with E-state index in [1.165, 1.54) is 6.07 Å². The smallest absolute Gasteiger partial charge is 0.225 e. The van der Waals surface area contributed by atoms with Crippen LogP contribution in [0.2, 0.25) is 5.02 Å². The molecule has 0 spiro atoms. The molecule has 2 aromatic carbocycles. The van der Waals surface area contributed by atoms with Gasteiger partial charge in [-0.1, -0.05) is 50.6 Å². The first-order chi connectivity index (χ1) is 13.7. The highest BCUT2D eigenvalue weighted by atomic mass is 35.5. The molecule has 5 nitrogen and oxygen atoms in total. The third-order valence-electron chi connectivity index (χ3n) is 4.97. The zero-order chi connectivity index (χ0) is 21.2. The predicted octanol–water partition coefficient (Wildman–Crippen LogP) is 5.75. The Morgan fingerprint density at radius 1 is 1.17 bits per heavy atom. The van der Waals surface area contributed by atoms with E-state index in [0.29, 0.717) is 28.4 Å². The van der Waals surface area contributed by atoms with Crippen LogP contribution < -0.4 is 10.6 Å². The van der Waals surface area contributed by atoms with Crippen molar-refractivity contribution in [1.29, 1.82) is 5.26 Å². The number of hydrogen-bond acceptors (Lipinski definition) is 5. The van der Waals surface area contributed by atoms with Gasteiger partial charge in [0, 0.05) is 23.5 Å². The van der Waals surface area contributed by atoms with Crippen molar-refractivity contribution in [3.63, 3.8) is 0 Å². The summed E-state index contributed by atoms with van der Waals surface area (Å²) < 4.78 is 14.2. The highest BCUT2D eigenvalue weighted by Gasteiger charge is 2.22. The minimum atomic E-state index is -0.472. The molecule has 7 heteroatoms. The average molecular weight is 412 g/mol. The Morgan fingerprint density at radius 2 is 1.90 bits per heavy atom. The molecule has 29 heavy (non-hydrogen) atoms. The molecule has 0 unspecified atom stereocenters. The Kier molecular flexibility index (Phi) is 5.90. The van der Waals surface area contributed by atoms with Crippen molar-refractivity contribution in [2.24, 2.45) is 5.41 Å². The van der Waals surface area contributed by atoms with E-state index in [2.05, 4.69) is 54.4 Å². The van der Waals surface area contributed by atoms with E-state index in [1.54, 1.807) is 18.2 Å². The van der Waals surface area contributed by atoms with Crippen molar-refractivity contribution in [3.05, 3.63) is 58.4 Å². The molecule has 150 valence electrons. The number of hydrogen-bond donors (Lipinski definition) is 2. The topological polar surface area (TPSA) is 73.6 Å². The number of halogens is 2. The van der Waals surface area contributed by atoms with Crippen LogP contribution in [0.25, 0.3) is 10.9 Å². The lowest BCUT2D eigenvalue weighted by molar-refractivity contribution is 0.359. The highest BCUT2D eigenvalue weighted by Crippen LogP contribution is 2.29. The molecule has 0 fully saturated rings. The number of para-hydroxylation sites is 1. The maximum atomic E-state index is 14.2. The summed E-state index contributed by atoms with van der Waals surface area (Å²) in [6.07, 6.45) is 0. The quantitative estimate of drug-likeness (QED) is 0.559. The summed E-state index contributed by atoms with van der Waals surface area (Å²) in [5, 5.41) is 16.8. The van der Waals surface area contributed by atoms with Gasteiger partial charge in [0.15, 0.2) is 0 Å². The Balaban J connectivity index is 2.01. The van der Waals surface area contributed by atoms with Crippen molar-refractivity contribution in [2.75, 3.05) is 10.6 Å². The Hall–Kier alpha value is -2.91. The summed E-state index contributed by atoms with van der Waals surface area (Å²) >= 11 is 5.86. The lowest BCUT2D eigenvalue weighted by atomic mass is 9.88. The molecule has 0 saturated carbocycles. The minimum Gasteiger partial charge on any atom is -0.366 e. The SMILES string of the molecule is C[C@@H](Nc1nc(NCc2cccc(Cl)c2F)nc2c(C#N)cccc12)C(C)(C)C. The molecule has 1 heterocycles. The van der Waals surface area contributed by atoms with Crippen LogP contribution in [-0.4, -0.2) is 16.0 Å². The van der Waals surface area contributed by atoms with Gasteiger partial charge in [-0.3, -0.25) is 0 Å². The number of nitrogens with zero attached hydrogens (tertiary/aromatic N) is 3. The fourth-order valence-electron chi connectivity index (χ4n) is 2.71. The second-order valence-electron chi connectivity index (χ2n) is 8.01. The first-order valence-corrected chi connectivity index (χ1v) is 9.72. The molecule has 1 atom stereocenters. The molecule has 0 aliphatic carbocycles. The number of benzene rings is 2. The first kappa shape index (κ1) is 20.8. The third-order valence-corrected chi connectivity index (χ3v) is 5.26. The van der Waals surface area contributed by atoms with Gasteiger partial charge in [-0.15, -0.1) is 0 Å². The van der Waals surface area contributed by atoms with E-state index in [0.717, 1.165) is 5.39 Å². The van der Waals surface area contributed by atoms with Gasteiger partial charge < -0.3 is 10.6 Å². The number of nitrogens with one attached hydrogen (secondary N) is 2. The molecule has 2 N–H and O–H groups in total. The maximum absolute atomic E-state index is 14.2. The fraction of sp³-hybridized carbons (Fsp3) is 0.318. The predicted molar refractivity (Wildman–Crippen MR) is 116 cm³/mol. The van der Waals surface area contributed by atoms with E-state index in [4.69, 9.17) is 11.6 Å². The molecule has 0 radical (unpaired) electrons. The standard InChI is InChI=1S/C22H23ClFN5/c1-13(22(2,3)4)27-20-16-9-5-7-14(11-25)19(16)28-21(29-20)26-12-15-8-6-10-17(23)18(15)24/h5-10,13H,12H2,1-4H3,(H2,26,27,28,29)/t13-/m1/s1. The summed E-state index contributed by atoms with van der Waals surface area (Å²) in [5.74, 6) is 0.464. The van der Waals surface area contributed by atoms with E-state index in [1.807, 2.05) is 12.1 Å². The van der Waals surface area contributed by atoms with Crippen molar-refractivity contribution in [1.82, 2.24) is 9.97 Å². The molecular formula is C22H23ClFN5. The van der Waals surface area contributed by atoms with Crippen LogP contribution in [0.5, 0.6) is 0 Å². The van der Waals surface area contributed by atoms with Gasteiger partial charge in [0.05, 0.1) is 16.1 Å². The summed E-state index contributed by atoms with van der Waals surface area (Å²) in [4.78, 5) is 9.10. The van der Waals surface area contributed by atoms with E-state index in [9.17, 15) is 9.65 Å². The van der Waals surface area contributed by atoms with Gasteiger partial charge >= 0.3 is 0 Å². The van der Waals surface area contributed by atoms with Crippen LogP contribution >= 0.6 is 11.6 Å². The molecule has 0 amide bonds. The van der Waals surface area contributed by atoms with E-state index in [-0.39, 0.29) is 23.0 Å². The van der Waals surface area contributed by atoms with Crippen LogP contribution in [0, 0.1) is 22.6 Å². The normalized spacial score (nSPS) is 12.4. The van der Waals surface area contributed by atoms with Crippen LogP contribution in [0.4, 0.5) is 16.2 Å². The second kappa shape index (κ2) is 8.22. The number of anilines is 2. The molecule has 0 aliphatic rings. The van der Waals surface area contributed by atoms with Gasteiger partial charge in [0.1, 0.15) is 17.7 Å². The molecule has 3 aromatic rings. The Bertz CT molecular complexity index is 1080. The summed E-state index contributed by atoms with van der Waals surface area (Å²) in [7, 11) is 0. The molecule has 3 rings (SSSR count). The summed E-state index contributed by atoms with van der Waals surface area (Å²) in [6, 6.07) is 12.5. The average Bonchev–Trinajstić information content (AvgIpc) is 2.68. The number of rotatable bonds is 5. The van der Waals surface area contributed by atoms with Gasteiger partial charge in [-0.05, 0) is 30.5 Å². The Labute approximate surface area is 174 Å². The summed E-state index contributed by atoms with van der Waals surface area (Å²) in [5.41, 5.74) is 1.41. The zero-order valence-corrected chi connectivity index (χ0v) is 17.6. The van der Waals surface area contributed by atoms with Crippen LogP contribution in [0.3, 0.4) is 0 Å². The minimum absolute atomic E-state index is 0.00161. The van der Waals surface area contributed by atoms with Crippen molar-refractivity contribution >= 4 is 34.3 Å². The number of aromatic nitrogens is 2. The van der Waals surface area contributed by atoms with Crippen LogP contribution in [-0.2, 0) is 6.54 Å². The number of nitriles is 1. The number of fused-ring (bicyclic) bond motifs is 1. The van der Waals surface area contributed by atoms with Gasteiger partial charge in [0.2, 0.25) is 5.95 Å². The monoisotopic (exact) mass is 411 g/mol. The molecule has 0 bridgehead atoms. The molecule has 0 aliphatic heterocycles. The fourth-order valence-corrected chi connectivity index (χ4v) is 2.91. The maximum Gasteiger partial charge on any atom is 0.225 e. The van der Waals surface area contributed by atoms with E-state index >= 15 is 0 Å². The zero-order valence-electron chi connectivity index (χ0n) is 16.8. The molecular weight excluding hydrogens is 389 g/mol. The Morgan fingerprint density at radius 3 is 2.59 bits per heavy atom. The summed E-state index contributed by atoms with van der Waals surface area (Å²) in [6.45, 7) is 8.65. The van der Waals surface area contributed by atoms with E-state index < -0.39 is 5.82 Å². The molecule has 1 aromatic heterocycles. The molecule has 0 saturated heterocycles. The largest absolute Gasteiger partial charge is 0.366 e.